The van der Waals surface area contributed by atoms with Crippen LogP contribution in [0.4, 0.5) is 5.69 Å². The summed E-state index contributed by atoms with van der Waals surface area (Å²) in [5.74, 6) is -2.80. The molecule has 0 heterocycles. The van der Waals surface area contributed by atoms with Gasteiger partial charge in [0.15, 0.2) is 5.78 Å². The van der Waals surface area contributed by atoms with Crippen LogP contribution in [0.5, 0.6) is 0 Å². The summed E-state index contributed by atoms with van der Waals surface area (Å²) in [6.45, 7) is 1.44. The van der Waals surface area contributed by atoms with E-state index in [1.807, 2.05) is 12.2 Å². The van der Waals surface area contributed by atoms with Gasteiger partial charge in [-0.25, -0.2) is 0 Å². The highest BCUT2D eigenvalue weighted by atomic mass is 16.4. The molecular formula is C18H19NO4. The Balaban J connectivity index is 1.87. The van der Waals surface area contributed by atoms with Crippen LogP contribution in [-0.4, -0.2) is 22.8 Å². The first kappa shape index (κ1) is 15.5. The fourth-order valence-corrected chi connectivity index (χ4v) is 3.80. The molecule has 4 atom stereocenters. The Morgan fingerprint density at radius 1 is 1.04 bits per heavy atom. The van der Waals surface area contributed by atoms with Crippen molar-refractivity contribution < 1.29 is 19.5 Å². The van der Waals surface area contributed by atoms with Crippen LogP contribution in [0.25, 0.3) is 0 Å². The van der Waals surface area contributed by atoms with Crippen molar-refractivity contribution in [1.29, 1.82) is 0 Å². The van der Waals surface area contributed by atoms with Gasteiger partial charge in [-0.05, 0) is 43.7 Å². The summed E-state index contributed by atoms with van der Waals surface area (Å²) < 4.78 is 0. The van der Waals surface area contributed by atoms with E-state index in [2.05, 4.69) is 5.32 Å². The number of benzene rings is 1. The molecule has 1 aromatic rings. The van der Waals surface area contributed by atoms with Gasteiger partial charge in [-0.2, -0.15) is 0 Å². The molecule has 5 nitrogen and oxygen atoms in total. The maximum atomic E-state index is 12.7. The Labute approximate surface area is 134 Å². The average Bonchev–Trinajstić information content (AvgIpc) is 2.55. The first-order valence-corrected chi connectivity index (χ1v) is 7.81. The molecule has 2 N–H and O–H groups in total. The van der Waals surface area contributed by atoms with Gasteiger partial charge in [0.1, 0.15) is 0 Å². The number of Topliss-reactive ketones (excluding diaryl/α,β-unsaturated/α-hetero) is 1. The Kier molecular flexibility index (Phi) is 4.03. The van der Waals surface area contributed by atoms with Crippen molar-refractivity contribution in [3.63, 3.8) is 0 Å². The third kappa shape index (κ3) is 2.79. The van der Waals surface area contributed by atoms with Gasteiger partial charge in [-0.1, -0.05) is 24.3 Å². The summed E-state index contributed by atoms with van der Waals surface area (Å²) in [4.78, 5) is 36.0. The Hall–Kier alpha value is -2.43. The molecule has 3 aliphatic carbocycles. The van der Waals surface area contributed by atoms with Crippen molar-refractivity contribution in [2.45, 2.75) is 19.8 Å². The number of ketones is 1. The van der Waals surface area contributed by atoms with E-state index in [9.17, 15) is 19.5 Å². The monoisotopic (exact) mass is 313 g/mol. The zero-order chi connectivity index (χ0) is 16.6. The van der Waals surface area contributed by atoms with E-state index in [0.717, 1.165) is 12.8 Å². The lowest BCUT2D eigenvalue weighted by atomic mass is 9.62. The average molecular weight is 313 g/mol. The molecular weight excluding hydrogens is 294 g/mol. The van der Waals surface area contributed by atoms with E-state index < -0.39 is 17.8 Å². The van der Waals surface area contributed by atoms with Gasteiger partial charge in [-0.3, -0.25) is 14.4 Å². The van der Waals surface area contributed by atoms with Gasteiger partial charge < -0.3 is 10.4 Å². The van der Waals surface area contributed by atoms with Gasteiger partial charge in [-0.15, -0.1) is 0 Å². The minimum Gasteiger partial charge on any atom is -0.481 e. The largest absolute Gasteiger partial charge is 0.481 e. The molecule has 1 aromatic carbocycles. The van der Waals surface area contributed by atoms with Crippen LogP contribution in [0, 0.1) is 23.7 Å². The summed E-state index contributed by atoms with van der Waals surface area (Å²) in [6, 6.07) is 6.79. The maximum Gasteiger partial charge on any atom is 0.307 e. The lowest BCUT2D eigenvalue weighted by Gasteiger charge is -2.41. The summed E-state index contributed by atoms with van der Waals surface area (Å²) in [6.07, 6.45) is 5.54. The van der Waals surface area contributed by atoms with Gasteiger partial charge in [0.05, 0.1) is 17.5 Å². The molecule has 23 heavy (non-hydrogen) atoms. The highest BCUT2D eigenvalue weighted by Crippen LogP contribution is 2.45. The third-order valence-corrected chi connectivity index (χ3v) is 4.90. The number of anilines is 1. The number of carbonyl (C=O) groups excluding carboxylic acids is 2. The predicted octanol–water partition coefficient (Wildman–Crippen LogP) is 2.74. The molecule has 2 bridgehead atoms. The lowest BCUT2D eigenvalue weighted by Crippen LogP contribution is -2.47. The number of hydrogen-bond acceptors (Lipinski definition) is 3. The highest BCUT2D eigenvalue weighted by Gasteiger charge is 2.48. The van der Waals surface area contributed by atoms with Crippen LogP contribution in [0.3, 0.4) is 0 Å². The van der Waals surface area contributed by atoms with Gasteiger partial charge in [0.2, 0.25) is 5.91 Å². The molecule has 4 unspecified atom stereocenters. The molecule has 4 rings (SSSR count). The van der Waals surface area contributed by atoms with Crippen LogP contribution in [0.15, 0.2) is 36.4 Å². The number of allylic oxidation sites excluding steroid dienone is 2. The second kappa shape index (κ2) is 5.99. The van der Waals surface area contributed by atoms with E-state index in [1.54, 1.807) is 24.3 Å². The minimum atomic E-state index is -0.927. The third-order valence-electron chi connectivity index (χ3n) is 4.90. The molecule has 3 aliphatic rings. The summed E-state index contributed by atoms with van der Waals surface area (Å²) in [7, 11) is 0. The number of para-hydroxylation sites is 1. The van der Waals surface area contributed by atoms with Gasteiger partial charge >= 0.3 is 5.97 Å². The SMILES string of the molecule is CC(=O)c1ccccc1NC(=O)C1C2C=CC(CC2)C1C(=O)O. The molecule has 1 amide bonds. The zero-order valence-corrected chi connectivity index (χ0v) is 12.9. The molecule has 0 spiro atoms. The minimum absolute atomic E-state index is 0.0504. The highest BCUT2D eigenvalue weighted by molar-refractivity contribution is 6.04. The second-order valence-corrected chi connectivity index (χ2v) is 6.27. The van der Waals surface area contributed by atoms with Crippen molar-refractivity contribution in [3.8, 4) is 0 Å². The van der Waals surface area contributed by atoms with Crippen LogP contribution >= 0.6 is 0 Å². The summed E-state index contributed by atoms with van der Waals surface area (Å²) in [5.41, 5.74) is 0.879. The standard InChI is InChI=1S/C18H19NO4/c1-10(20)13-4-2-3-5-14(13)19-17(21)15-11-6-8-12(9-7-11)16(15)18(22)23/h2-6,8,11-12,15-16H,7,9H2,1H3,(H,19,21)(H,22,23). The molecule has 1 saturated carbocycles. The fraction of sp³-hybridized carbons (Fsp3) is 0.389. The number of carboxylic acid groups (broad SMARTS) is 1. The fourth-order valence-electron chi connectivity index (χ4n) is 3.80. The van der Waals surface area contributed by atoms with Crippen LogP contribution < -0.4 is 5.32 Å². The molecule has 0 aliphatic heterocycles. The van der Waals surface area contributed by atoms with E-state index in [0.29, 0.717) is 11.3 Å². The van der Waals surface area contributed by atoms with Crippen LogP contribution in [0.1, 0.15) is 30.1 Å². The number of nitrogens with one attached hydrogen (secondary N) is 1. The quantitative estimate of drug-likeness (QED) is 0.661. The topological polar surface area (TPSA) is 83.5 Å². The van der Waals surface area contributed by atoms with Crippen LogP contribution in [0.2, 0.25) is 0 Å². The van der Waals surface area contributed by atoms with Crippen molar-refractivity contribution in [3.05, 3.63) is 42.0 Å². The molecule has 0 saturated heterocycles. The number of carbonyl (C=O) groups is 3. The number of rotatable bonds is 4. The van der Waals surface area contributed by atoms with Crippen molar-refractivity contribution in [1.82, 2.24) is 0 Å². The van der Waals surface area contributed by atoms with Crippen LogP contribution in [-0.2, 0) is 9.59 Å². The smallest absolute Gasteiger partial charge is 0.307 e. The Morgan fingerprint density at radius 3 is 2.22 bits per heavy atom. The van der Waals surface area contributed by atoms with Gasteiger partial charge in [0, 0.05) is 5.56 Å². The normalized spacial score (nSPS) is 28.4. The summed E-state index contributed by atoms with van der Waals surface area (Å²) in [5, 5.41) is 12.3. The first-order chi connectivity index (χ1) is 11.0. The number of aliphatic carboxylic acids is 1. The molecule has 0 radical (unpaired) electrons. The summed E-state index contributed by atoms with van der Waals surface area (Å²) >= 11 is 0. The molecule has 0 aromatic heterocycles. The first-order valence-electron chi connectivity index (χ1n) is 7.81. The van der Waals surface area contributed by atoms with E-state index in [-0.39, 0.29) is 23.5 Å². The second-order valence-electron chi connectivity index (χ2n) is 6.27. The predicted molar refractivity (Wildman–Crippen MR) is 85.0 cm³/mol. The van der Waals surface area contributed by atoms with Gasteiger partial charge in [0.25, 0.3) is 0 Å². The lowest BCUT2D eigenvalue weighted by molar-refractivity contribution is -0.151. The molecule has 120 valence electrons. The van der Waals surface area contributed by atoms with E-state index in [4.69, 9.17) is 0 Å². The zero-order valence-electron chi connectivity index (χ0n) is 12.9. The maximum absolute atomic E-state index is 12.7. The van der Waals surface area contributed by atoms with E-state index >= 15 is 0 Å². The van der Waals surface area contributed by atoms with Crippen molar-refractivity contribution in [2.75, 3.05) is 5.32 Å². The van der Waals surface area contributed by atoms with Crippen molar-refractivity contribution in [2.24, 2.45) is 23.7 Å². The number of carboxylic acids is 1. The number of amides is 1. The molecule has 1 fully saturated rings. The number of fused-ring (bicyclic) bond motifs is 2. The van der Waals surface area contributed by atoms with E-state index in [1.165, 1.54) is 6.92 Å². The molecule has 5 heteroatoms. The van der Waals surface area contributed by atoms with Crippen molar-refractivity contribution >= 4 is 23.3 Å². The Morgan fingerprint density at radius 2 is 1.65 bits per heavy atom. The Bertz CT molecular complexity index is 694. The number of hydrogen-bond donors (Lipinski definition) is 2.